The van der Waals surface area contributed by atoms with Crippen molar-refractivity contribution in [1.82, 2.24) is 0 Å². The highest BCUT2D eigenvalue weighted by Crippen LogP contribution is 2.18. The summed E-state index contributed by atoms with van der Waals surface area (Å²) in [5, 5.41) is 0. The van der Waals surface area contributed by atoms with Crippen LogP contribution in [0, 0.1) is 17.8 Å². The van der Waals surface area contributed by atoms with Gasteiger partial charge in [0.1, 0.15) is 13.2 Å². The molecule has 0 saturated heterocycles. The molecule has 0 aromatic heterocycles. The zero-order valence-electron chi connectivity index (χ0n) is 42.7. The van der Waals surface area contributed by atoms with Gasteiger partial charge in [0.2, 0.25) is 0 Å². The van der Waals surface area contributed by atoms with Crippen molar-refractivity contribution in [1.29, 1.82) is 0 Å². The van der Waals surface area contributed by atoms with E-state index < -0.39 is 6.10 Å². The topological polar surface area (TPSA) is 78.9 Å². The molecule has 0 aliphatic rings. The Morgan fingerprint density at radius 1 is 0.323 bits per heavy atom. The van der Waals surface area contributed by atoms with E-state index >= 15 is 0 Å². The second kappa shape index (κ2) is 47.4. The van der Waals surface area contributed by atoms with Gasteiger partial charge in [-0.05, 0) is 37.0 Å². The molecule has 0 spiro atoms. The Hall–Kier alpha value is -1.59. The number of hydrogen-bond acceptors (Lipinski definition) is 6. The van der Waals surface area contributed by atoms with E-state index in [1.807, 2.05) is 0 Å². The summed E-state index contributed by atoms with van der Waals surface area (Å²) in [6, 6.07) is 0. The molecule has 0 heterocycles. The molecule has 0 amide bonds. The SMILES string of the molecule is CCC(C)CCCCCCCCCCC(=O)OC[C@H](COC(=O)CCCCCCCCCCCCCCCCCCCCC(C)C)OC(=O)CCCCCCCCCCC(C)C. The monoisotopic (exact) mass is 877 g/mol. The van der Waals surface area contributed by atoms with Crippen LogP contribution in [0.25, 0.3) is 0 Å². The van der Waals surface area contributed by atoms with Gasteiger partial charge in [0.05, 0.1) is 0 Å². The van der Waals surface area contributed by atoms with Gasteiger partial charge in [-0.25, -0.2) is 0 Å². The molecule has 0 radical (unpaired) electrons. The largest absolute Gasteiger partial charge is 0.462 e. The minimum atomic E-state index is -0.763. The molecular weight excluding hydrogens is 769 g/mol. The number of unbranched alkanes of at least 4 members (excludes halogenated alkanes) is 31. The minimum absolute atomic E-state index is 0.0648. The van der Waals surface area contributed by atoms with Gasteiger partial charge in [-0.2, -0.15) is 0 Å². The van der Waals surface area contributed by atoms with Gasteiger partial charge in [-0.15, -0.1) is 0 Å². The summed E-state index contributed by atoms with van der Waals surface area (Å²) in [4.78, 5) is 38.0. The highest BCUT2D eigenvalue weighted by molar-refractivity contribution is 5.71. The molecule has 0 aromatic carbocycles. The maximum atomic E-state index is 12.8. The van der Waals surface area contributed by atoms with Crippen LogP contribution < -0.4 is 0 Å². The summed E-state index contributed by atoms with van der Waals surface area (Å²) < 4.78 is 16.8. The number of esters is 3. The Balaban J connectivity index is 4.21. The highest BCUT2D eigenvalue weighted by atomic mass is 16.6. The molecule has 0 N–H and O–H groups in total. The minimum Gasteiger partial charge on any atom is -0.462 e. The third kappa shape index (κ3) is 47.9. The number of hydrogen-bond donors (Lipinski definition) is 0. The summed E-state index contributed by atoms with van der Waals surface area (Å²) in [6.07, 6.45) is 48.1. The first-order valence-corrected chi connectivity index (χ1v) is 27.6. The molecule has 0 aliphatic heterocycles. The van der Waals surface area contributed by atoms with Crippen molar-refractivity contribution >= 4 is 17.9 Å². The van der Waals surface area contributed by atoms with E-state index in [4.69, 9.17) is 14.2 Å². The predicted molar refractivity (Wildman–Crippen MR) is 266 cm³/mol. The molecular formula is C56H108O6. The van der Waals surface area contributed by atoms with Gasteiger partial charge in [-0.1, -0.05) is 266 Å². The van der Waals surface area contributed by atoms with Crippen LogP contribution in [0.5, 0.6) is 0 Å². The third-order valence-electron chi connectivity index (χ3n) is 13.0. The van der Waals surface area contributed by atoms with E-state index in [2.05, 4.69) is 41.5 Å². The van der Waals surface area contributed by atoms with Crippen molar-refractivity contribution in [2.45, 2.75) is 311 Å². The lowest BCUT2D eigenvalue weighted by Crippen LogP contribution is -2.30. The second-order valence-electron chi connectivity index (χ2n) is 20.4. The average molecular weight is 877 g/mol. The molecule has 0 aromatic rings. The molecule has 0 fully saturated rings. The van der Waals surface area contributed by atoms with Crippen molar-refractivity contribution in [3.63, 3.8) is 0 Å². The van der Waals surface area contributed by atoms with E-state index in [0.717, 1.165) is 75.5 Å². The van der Waals surface area contributed by atoms with E-state index in [0.29, 0.717) is 19.3 Å². The van der Waals surface area contributed by atoms with Gasteiger partial charge >= 0.3 is 17.9 Å². The van der Waals surface area contributed by atoms with Crippen LogP contribution in [0.1, 0.15) is 305 Å². The second-order valence-corrected chi connectivity index (χ2v) is 20.4. The van der Waals surface area contributed by atoms with Crippen LogP contribution in [0.2, 0.25) is 0 Å². The number of rotatable bonds is 49. The molecule has 6 nitrogen and oxygen atoms in total. The van der Waals surface area contributed by atoms with Gasteiger partial charge in [0.15, 0.2) is 6.10 Å². The van der Waals surface area contributed by atoms with Crippen LogP contribution >= 0.6 is 0 Å². The standard InChI is InChI=1S/C56H108O6/c1-7-52(6)44-38-32-26-21-23-28-34-40-46-55(58)61-49-53(62-56(59)47-41-35-29-22-20-25-31-37-43-51(4)5)48-60-54(57)45-39-33-27-19-17-15-13-11-9-8-10-12-14-16-18-24-30-36-42-50(2)3/h50-53H,7-49H2,1-6H3/t52?,53-/m0/s1. The van der Waals surface area contributed by atoms with Crippen molar-refractivity contribution < 1.29 is 28.6 Å². The third-order valence-corrected chi connectivity index (χ3v) is 13.0. The van der Waals surface area contributed by atoms with Crippen molar-refractivity contribution in [3.05, 3.63) is 0 Å². The van der Waals surface area contributed by atoms with Gasteiger partial charge in [0, 0.05) is 19.3 Å². The normalized spacial score (nSPS) is 12.6. The molecule has 0 bridgehead atoms. The number of ether oxygens (including phenoxy) is 3. The van der Waals surface area contributed by atoms with Crippen LogP contribution in [0.4, 0.5) is 0 Å². The summed E-state index contributed by atoms with van der Waals surface area (Å²) in [6.45, 7) is 13.7. The predicted octanol–water partition coefficient (Wildman–Crippen LogP) is 17.9. The van der Waals surface area contributed by atoms with Crippen LogP contribution in [-0.4, -0.2) is 37.2 Å². The summed E-state index contributed by atoms with van der Waals surface area (Å²) in [5.41, 5.74) is 0. The number of carbonyl (C=O) groups is 3. The molecule has 6 heteroatoms. The first kappa shape index (κ1) is 60.4. The summed E-state index contributed by atoms with van der Waals surface area (Å²) in [7, 11) is 0. The van der Waals surface area contributed by atoms with Crippen molar-refractivity contribution in [2.24, 2.45) is 17.8 Å². The molecule has 62 heavy (non-hydrogen) atoms. The zero-order valence-corrected chi connectivity index (χ0v) is 42.7. The fourth-order valence-electron chi connectivity index (χ4n) is 8.44. The maximum Gasteiger partial charge on any atom is 0.306 e. The quantitative estimate of drug-likeness (QED) is 0.0344. The smallest absolute Gasteiger partial charge is 0.306 e. The summed E-state index contributed by atoms with van der Waals surface area (Å²) in [5.74, 6) is 1.65. The fourth-order valence-corrected chi connectivity index (χ4v) is 8.44. The van der Waals surface area contributed by atoms with Gasteiger partial charge in [-0.3, -0.25) is 14.4 Å². The number of carbonyl (C=O) groups excluding carboxylic acids is 3. The lowest BCUT2D eigenvalue weighted by Gasteiger charge is -2.18. The molecule has 0 rings (SSSR count). The van der Waals surface area contributed by atoms with Crippen molar-refractivity contribution in [3.8, 4) is 0 Å². The molecule has 0 aliphatic carbocycles. The highest BCUT2D eigenvalue weighted by Gasteiger charge is 2.19. The Bertz CT molecular complexity index is 962. The molecule has 2 atom stereocenters. The van der Waals surface area contributed by atoms with Crippen LogP contribution in [-0.2, 0) is 28.6 Å². The van der Waals surface area contributed by atoms with E-state index in [9.17, 15) is 14.4 Å². The molecule has 368 valence electrons. The molecule has 1 unspecified atom stereocenters. The lowest BCUT2D eigenvalue weighted by atomic mass is 9.99. The van der Waals surface area contributed by atoms with Crippen LogP contribution in [0.3, 0.4) is 0 Å². The van der Waals surface area contributed by atoms with E-state index in [-0.39, 0.29) is 31.1 Å². The van der Waals surface area contributed by atoms with E-state index in [1.54, 1.807) is 0 Å². The Morgan fingerprint density at radius 3 is 0.839 bits per heavy atom. The maximum absolute atomic E-state index is 12.8. The molecule has 0 saturated carbocycles. The Labute approximate surface area is 387 Å². The Kier molecular flexibility index (Phi) is 46.2. The average Bonchev–Trinajstić information content (AvgIpc) is 3.24. The van der Waals surface area contributed by atoms with Crippen LogP contribution in [0.15, 0.2) is 0 Å². The van der Waals surface area contributed by atoms with Gasteiger partial charge < -0.3 is 14.2 Å². The van der Waals surface area contributed by atoms with E-state index in [1.165, 1.54) is 186 Å². The Morgan fingerprint density at radius 2 is 0.565 bits per heavy atom. The summed E-state index contributed by atoms with van der Waals surface area (Å²) >= 11 is 0. The zero-order chi connectivity index (χ0) is 45.6. The lowest BCUT2D eigenvalue weighted by molar-refractivity contribution is -0.167. The first-order chi connectivity index (χ1) is 30.1. The van der Waals surface area contributed by atoms with Crippen molar-refractivity contribution in [2.75, 3.05) is 13.2 Å². The first-order valence-electron chi connectivity index (χ1n) is 27.6. The fraction of sp³-hybridized carbons (Fsp3) is 0.946. The van der Waals surface area contributed by atoms with Gasteiger partial charge in [0.25, 0.3) is 0 Å².